The van der Waals surface area contributed by atoms with Crippen LogP contribution < -0.4 is 10.2 Å². The number of benzene rings is 1. The van der Waals surface area contributed by atoms with E-state index in [1.54, 1.807) is 0 Å². The summed E-state index contributed by atoms with van der Waals surface area (Å²) in [5.41, 5.74) is 1.92. The van der Waals surface area contributed by atoms with Crippen molar-refractivity contribution in [3.8, 4) is 0 Å². The van der Waals surface area contributed by atoms with Crippen molar-refractivity contribution in [2.45, 2.75) is 25.0 Å². The summed E-state index contributed by atoms with van der Waals surface area (Å²) in [5, 5.41) is 11.2. The van der Waals surface area contributed by atoms with Crippen molar-refractivity contribution in [3.05, 3.63) is 30.2 Å². The highest BCUT2D eigenvalue weighted by Crippen LogP contribution is 2.22. The van der Waals surface area contributed by atoms with E-state index in [4.69, 9.17) is 9.15 Å². The Morgan fingerprint density at radius 2 is 1.96 bits per heavy atom. The number of amides is 1. The van der Waals surface area contributed by atoms with Crippen LogP contribution in [0.3, 0.4) is 0 Å². The van der Waals surface area contributed by atoms with Crippen molar-refractivity contribution in [1.29, 1.82) is 0 Å². The van der Waals surface area contributed by atoms with Crippen molar-refractivity contribution in [1.82, 2.24) is 10.2 Å². The minimum atomic E-state index is -0.103. The van der Waals surface area contributed by atoms with Gasteiger partial charge in [0.05, 0.1) is 19.0 Å². The highest BCUT2D eigenvalue weighted by atomic mass is 32.2. The lowest BCUT2D eigenvalue weighted by molar-refractivity contribution is -0.113. The number of nitrogens with zero attached hydrogens (tertiary/aromatic N) is 3. The fourth-order valence-electron chi connectivity index (χ4n) is 2.41. The lowest BCUT2D eigenvalue weighted by atomic mass is 10.2. The number of morpholine rings is 1. The SMILES string of the molecule is CC(C)c1nnc(SCC(=O)Nc2ccc(N3CCOCC3)cc2)o1. The quantitative estimate of drug-likeness (QED) is 0.791. The van der Waals surface area contributed by atoms with Gasteiger partial charge in [-0.2, -0.15) is 0 Å². The number of hydrogen-bond acceptors (Lipinski definition) is 7. The smallest absolute Gasteiger partial charge is 0.277 e. The average Bonchev–Trinajstić information content (AvgIpc) is 3.11. The van der Waals surface area contributed by atoms with Gasteiger partial charge in [-0.05, 0) is 24.3 Å². The molecule has 0 bridgehead atoms. The van der Waals surface area contributed by atoms with Gasteiger partial charge in [0.2, 0.25) is 11.8 Å². The van der Waals surface area contributed by atoms with E-state index in [1.165, 1.54) is 11.8 Å². The van der Waals surface area contributed by atoms with Crippen LogP contribution in [-0.4, -0.2) is 48.2 Å². The number of carbonyl (C=O) groups excluding carboxylic acids is 1. The third-order valence-corrected chi connectivity index (χ3v) is 4.59. The number of anilines is 2. The number of ether oxygens (including phenoxy) is 1. The fourth-order valence-corrected chi connectivity index (χ4v) is 2.98. The summed E-state index contributed by atoms with van der Waals surface area (Å²) in [6.07, 6.45) is 0. The molecule has 0 radical (unpaired) electrons. The molecule has 0 unspecified atom stereocenters. The molecule has 1 aromatic heterocycles. The van der Waals surface area contributed by atoms with Crippen molar-refractivity contribution in [3.63, 3.8) is 0 Å². The highest BCUT2D eigenvalue weighted by Gasteiger charge is 2.13. The minimum absolute atomic E-state index is 0.103. The van der Waals surface area contributed by atoms with E-state index >= 15 is 0 Å². The monoisotopic (exact) mass is 362 g/mol. The van der Waals surface area contributed by atoms with Crippen molar-refractivity contribution >= 4 is 29.0 Å². The zero-order chi connectivity index (χ0) is 17.6. The fraction of sp³-hybridized carbons (Fsp3) is 0.471. The Balaban J connectivity index is 1.48. The number of nitrogens with one attached hydrogen (secondary N) is 1. The Hall–Kier alpha value is -2.06. The van der Waals surface area contributed by atoms with Crippen molar-refractivity contribution in [2.75, 3.05) is 42.3 Å². The Kier molecular flexibility index (Phi) is 5.93. The molecule has 1 aromatic carbocycles. The Labute approximate surface area is 151 Å². The molecule has 8 heteroatoms. The van der Waals surface area contributed by atoms with Gasteiger partial charge in [0, 0.05) is 30.4 Å². The normalized spacial score (nSPS) is 14.8. The number of rotatable bonds is 6. The minimum Gasteiger partial charge on any atom is -0.416 e. The summed E-state index contributed by atoms with van der Waals surface area (Å²) in [6.45, 7) is 7.26. The molecule has 1 amide bonds. The second-order valence-corrected chi connectivity index (χ2v) is 6.97. The summed E-state index contributed by atoms with van der Waals surface area (Å²) >= 11 is 1.24. The van der Waals surface area contributed by atoms with Gasteiger partial charge in [-0.15, -0.1) is 10.2 Å². The first kappa shape index (κ1) is 17.8. The molecule has 7 nitrogen and oxygen atoms in total. The summed E-state index contributed by atoms with van der Waals surface area (Å²) in [6, 6.07) is 7.86. The van der Waals surface area contributed by atoms with Crippen LogP contribution in [0.25, 0.3) is 0 Å². The zero-order valence-electron chi connectivity index (χ0n) is 14.4. The Morgan fingerprint density at radius 1 is 1.24 bits per heavy atom. The first-order valence-corrected chi connectivity index (χ1v) is 9.29. The molecule has 0 saturated carbocycles. The lowest BCUT2D eigenvalue weighted by Gasteiger charge is -2.28. The predicted molar refractivity (Wildman–Crippen MR) is 97.2 cm³/mol. The highest BCUT2D eigenvalue weighted by molar-refractivity contribution is 7.99. The van der Waals surface area contributed by atoms with Gasteiger partial charge in [-0.1, -0.05) is 25.6 Å². The molecule has 2 aromatic rings. The lowest BCUT2D eigenvalue weighted by Crippen LogP contribution is -2.36. The molecule has 3 rings (SSSR count). The summed E-state index contributed by atoms with van der Waals surface area (Å²) in [7, 11) is 0. The summed E-state index contributed by atoms with van der Waals surface area (Å²) < 4.78 is 10.8. The van der Waals surface area contributed by atoms with Gasteiger partial charge in [-0.25, -0.2) is 0 Å². The molecule has 134 valence electrons. The van der Waals surface area contributed by atoms with Gasteiger partial charge >= 0.3 is 0 Å². The van der Waals surface area contributed by atoms with E-state index in [-0.39, 0.29) is 17.6 Å². The van der Waals surface area contributed by atoms with E-state index in [1.807, 2.05) is 38.1 Å². The van der Waals surface area contributed by atoms with Crippen LogP contribution in [0.15, 0.2) is 33.9 Å². The number of thioether (sulfide) groups is 1. The van der Waals surface area contributed by atoms with E-state index in [0.717, 1.165) is 37.7 Å². The van der Waals surface area contributed by atoms with E-state index in [2.05, 4.69) is 20.4 Å². The van der Waals surface area contributed by atoms with Gasteiger partial charge in [0.15, 0.2) is 0 Å². The van der Waals surface area contributed by atoms with Crippen LogP contribution in [0.2, 0.25) is 0 Å². The Morgan fingerprint density at radius 3 is 2.60 bits per heavy atom. The molecule has 1 aliphatic heterocycles. The topological polar surface area (TPSA) is 80.5 Å². The average molecular weight is 362 g/mol. The second kappa shape index (κ2) is 8.35. The van der Waals surface area contributed by atoms with Crippen LogP contribution >= 0.6 is 11.8 Å². The van der Waals surface area contributed by atoms with Crippen LogP contribution in [0.4, 0.5) is 11.4 Å². The van der Waals surface area contributed by atoms with Crippen LogP contribution in [-0.2, 0) is 9.53 Å². The van der Waals surface area contributed by atoms with Crippen LogP contribution in [0, 0.1) is 0 Å². The molecular weight excluding hydrogens is 340 g/mol. The van der Waals surface area contributed by atoms with E-state index in [0.29, 0.717) is 11.1 Å². The predicted octanol–water partition coefficient (Wildman–Crippen LogP) is 2.76. The molecule has 1 aliphatic rings. The van der Waals surface area contributed by atoms with Gasteiger partial charge in [-0.3, -0.25) is 4.79 Å². The number of hydrogen-bond donors (Lipinski definition) is 1. The summed E-state index contributed by atoms with van der Waals surface area (Å²) in [5.74, 6) is 0.890. The van der Waals surface area contributed by atoms with Crippen LogP contribution in [0.5, 0.6) is 0 Å². The maximum atomic E-state index is 12.1. The molecule has 1 N–H and O–H groups in total. The number of carbonyl (C=O) groups is 1. The first-order valence-electron chi connectivity index (χ1n) is 8.30. The largest absolute Gasteiger partial charge is 0.416 e. The van der Waals surface area contributed by atoms with E-state index < -0.39 is 0 Å². The molecule has 0 atom stereocenters. The first-order chi connectivity index (χ1) is 12.1. The van der Waals surface area contributed by atoms with E-state index in [9.17, 15) is 4.79 Å². The molecule has 1 fully saturated rings. The standard InChI is InChI=1S/C17H22N4O3S/c1-12(2)16-19-20-17(24-16)25-11-15(22)18-13-3-5-14(6-4-13)21-7-9-23-10-8-21/h3-6,12H,7-11H2,1-2H3,(H,18,22). The molecule has 0 aliphatic carbocycles. The Bertz CT molecular complexity index is 696. The zero-order valence-corrected chi connectivity index (χ0v) is 15.2. The number of aromatic nitrogens is 2. The van der Waals surface area contributed by atoms with Crippen molar-refractivity contribution in [2.24, 2.45) is 0 Å². The summed E-state index contributed by atoms with van der Waals surface area (Å²) in [4.78, 5) is 14.3. The molecule has 25 heavy (non-hydrogen) atoms. The molecular formula is C17H22N4O3S. The third kappa shape index (κ3) is 4.96. The van der Waals surface area contributed by atoms with Gasteiger partial charge < -0.3 is 19.4 Å². The van der Waals surface area contributed by atoms with Crippen LogP contribution in [0.1, 0.15) is 25.7 Å². The third-order valence-electron chi connectivity index (χ3n) is 3.77. The van der Waals surface area contributed by atoms with Crippen molar-refractivity contribution < 1.29 is 13.9 Å². The molecule has 2 heterocycles. The second-order valence-electron chi connectivity index (χ2n) is 6.04. The van der Waals surface area contributed by atoms with Gasteiger partial charge in [0.1, 0.15) is 0 Å². The maximum Gasteiger partial charge on any atom is 0.277 e. The maximum absolute atomic E-state index is 12.1. The molecule has 1 saturated heterocycles. The van der Waals surface area contributed by atoms with Gasteiger partial charge in [0.25, 0.3) is 5.22 Å². The molecule has 0 spiro atoms.